The molecule has 0 aromatic heterocycles. The predicted octanol–water partition coefficient (Wildman–Crippen LogP) is 8.48. The van der Waals surface area contributed by atoms with E-state index in [0.717, 1.165) is 31.7 Å². The first-order valence-corrected chi connectivity index (χ1v) is 13.6. The number of alkyl halides is 3. The smallest absolute Gasteiger partial charge is 0.341 e. The van der Waals surface area contributed by atoms with Gasteiger partial charge in [0.2, 0.25) is 5.91 Å². The Labute approximate surface area is 231 Å². The average molecular weight is 574 g/mol. The second-order valence-electron chi connectivity index (χ2n) is 10.6. The third kappa shape index (κ3) is 5.81. The number of halogens is 6. The zero-order valence-corrected chi connectivity index (χ0v) is 23.3. The van der Waals surface area contributed by atoms with Gasteiger partial charge in [0.15, 0.2) is 0 Å². The molecule has 0 spiro atoms. The van der Waals surface area contributed by atoms with Crippen molar-refractivity contribution >= 4 is 46.4 Å². The minimum Gasteiger partial charge on any atom is -0.341 e. The van der Waals surface area contributed by atoms with Crippen LogP contribution in [0.15, 0.2) is 41.4 Å². The number of carbonyl (C=O) groups excluding carboxylic acids is 1. The second-order valence-corrected chi connectivity index (χ2v) is 11.8. The van der Waals surface area contributed by atoms with Crippen LogP contribution in [0.25, 0.3) is 0 Å². The van der Waals surface area contributed by atoms with E-state index in [2.05, 4.69) is 0 Å². The van der Waals surface area contributed by atoms with E-state index in [9.17, 15) is 18.0 Å². The van der Waals surface area contributed by atoms with Crippen molar-refractivity contribution in [3.8, 4) is 0 Å². The summed E-state index contributed by atoms with van der Waals surface area (Å²) in [5.41, 5.74) is -0.205. The molecule has 1 heterocycles. The van der Waals surface area contributed by atoms with Gasteiger partial charge in [0.05, 0.1) is 26.5 Å². The van der Waals surface area contributed by atoms with E-state index < -0.39 is 11.6 Å². The summed E-state index contributed by atoms with van der Waals surface area (Å²) >= 11 is 18.3. The Hall–Kier alpha value is -1.76. The summed E-state index contributed by atoms with van der Waals surface area (Å²) in [7, 11) is 0. The second kappa shape index (κ2) is 10.8. The van der Waals surface area contributed by atoms with Crippen LogP contribution in [0, 0.1) is 5.92 Å². The summed E-state index contributed by atoms with van der Waals surface area (Å²) in [6.07, 6.45) is -2.20. The fourth-order valence-corrected chi connectivity index (χ4v) is 5.31. The number of nitrogens with zero attached hydrogens (tertiary/aromatic N) is 2. The first-order chi connectivity index (χ1) is 17.3. The minimum atomic E-state index is -4.59. The lowest BCUT2D eigenvalue weighted by atomic mass is 9.76. The highest BCUT2D eigenvalue weighted by Crippen LogP contribution is 2.47. The number of hydrogen-bond donors (Lipinski definition) is 0. The van der Waals surface area contributed by atoms with Gasteiger partial charge in [0, 0.05) is 37.1 Å². The molecular weight excluding hydrogens is 544 g/mol. The van der Waals surface area contributed by atoms with Gasteiger partial charge in [-0.3, -0.25) is 9.79 Å². The van der Waals surface area contributed by atoms with Crippen LogP contribution in [-0.4, -0.2) is 41.8 Å². The highest BCUT2D eigenvalue weighted by atomic mass is 35.5. The molecule has 0 radical (unpaired) electrons. The number of carbonyl (C=O) groups is 1. The van der Waals surface area contributed by atoms with Crippen LogP contribution in [0.1, 0.15) is 69.1 Å². The van der Waals surface area contributed by atoms with Crippen LogP contribution >= 0.6 is 34.8 Å². The fraction of sp³-hybridized carbons (Fsp3) is 0.500. The van der Waals surface area contributed by atoms with Gasteiger partial charge in [-0.2, -0.15) is 13.2 Å². The van der Waals surface area contributed by atoms with Crippen LogP contribution in [-0.2, 0) is 10.2 Å². The quantitative estimate of drug-likeness (QED) is 0.241. The number of benzene rings is 2. The molecule has 37 heavy (non-hydrogen) atoms. The molecule has 2 aliphatic rings. The largest absolute Gasteiger partial charge is 0.398 e. The van der Waals surface area contributed by atoms with Crippen molar-refractivity contribution < 1.29 is 18.0 Å². The van der Waals surface area contributed by atoms with Gasteiger partial charge in [0.25, 0.3) is 0 Å². The van der Waals surface area contributed by atoms with Crippen molar-refractivity contribution in [2.75, 3.05) is 13.1 Å². The molecule has 0 N–H and O–H groups in total. The van der Waals surface area contributed by atoms with E-state index in [-0.39, 0.29) is 50.8 Å². The number of aliphatic imine (C=N–C) groups is 1. The van der Waals surface area contributed by atoms with Crippen molar-refractivity contribution in [2.45, 2.75) is 70.0 Å². The molecule has 1 saturated carbocycles. The van der Waals surface area contributed by atoms with E-state index in [1.54, 1.807) is 0 Å². The molecule has 200 valence electrons. The molecule has 1 amide bonds. The van der Waals surface area contributed by atoms with E-state index >= 15 is 0 Å². The van der Waals surface area contributed by atoms with Gasteiger partial charge >= 0.3 is 6.18 Å². The average Bonchev–Trinajstić information content (AvgIpc) is 2.77. The standard InChI is InChI=1S/C28H30Cl3F3N2O/c1-16(2)26(37)36-14-19(15-36)17-7-9-18(10-8-17)24(35-21-5-4-6-21)13-27(3,28(32,33)34)20-11-22(29)25(31)23(30)12-20/h7-12,16,19,21H,4-6,13-15H2,1-3H3/b35-24+. The van der Waals surface area contributed by atoms with Gasteiger partial charge < -0.3 is 4.90 Å². The molecule has 2 aromatic rings. The molecule has 1 aliphatic carbocycles. The summed E-state index contributed by atoms with van der Waals surface area (Å²) in [4.78, 5) is 18.8. The monoisotopic (exact) mass is 572 g/mol. The zero-order chi connectivity index (χ0) is 27.1. The fourth-order valence-electron chi connectivity index (χ4n) is 4.72. The van der Waals surface area contributed by atoms with Crippen LogP contribution in [0.2, 0.25) is 15.1 Å². The summed E-state index contributed by atoms with van der Waals surface area (Å²) < 4.78 is 43.9. The lowest BCUT2D eigenvalue weighted by Crippen LogP contribution is -2.49. The Morgan fingerprint density at radius 3 is 2.08 bits per heavy atom. The first kappa shape index (κ1) is 28.3. The maximum absolute atomic E-state index is 14.6. The van der Waals surface area contributed by atoms with Crippen LogP contribution < -0.4 is 0 Å². The lowest BCUT2D eigenvalue weighted by molar-refractivity contribution is -0.183. The maximum atomic E-state index is 14.6. The van der Waals surface area contributed by atoms with E-state index in [1.165, 1.54) is 12.1 Å². The van der Waals surface area contributed by atoms with Gasteiger partial charge in [-0.05, 0) is 55.0 Å². The Kier molecular flexibility index (Phi) is 8.23. The molecule has 1 atom stereocenters. The number of likely N-dealkylation sites (tertiary alicyclic amines) is 1. The number of rotatable bonds is 7. The van der Waals surface area contributed by atoms with E-state index in [0.29, 0.717) is 24.4 Å². The molecule has 2 fully saturated rings. The molecule has 2 aromatic carbocycles. The summed E-state index contributed by atoms with van der Waals surface area (Å²) in [5.74, 6) is 0.321. The minimum absolute atomic E-state index is 0.0202. The summed E-state index contributed by atoms with van der Waals surface area (Å²) in [6, 6.07) is 10.1. The molecule has 0 bridgehead atoms. The molecule has 3 nitrogen and oxygen atoms in total. The van der Waals surface area contributed by atoms with Gasteiger partial charge in [0.1, 0.15) is 0 Å². The van der Waals surface area contributed by atoms with Crippen LogP contribution in [0.3, 0.4) is 0 Å². The molecule has 9 heteroatoms. The lowest BCUT2D eigenvalue weighted by Gasteiger charge is -2.40. The third-order valence-corrected chi connectivity index (χ3v) is 8.78. The first-order valence-electron chi connectivity index (χ1n) is 12.5. The highest BCUT2D eigenvalue weighted by Gasteiger charge is 2.53. The predicted molar refractivity (Wildman–Crippen MR) is 144 cm³/mol. The number of hydrogen-bond acceptors (Lipinski definition) is 2. The molecular formula is C28H30Cl3F3N2O. The SMILES string of the molecule is CC(C)C(=O)N1CC(c2ccc(/C(CC(C)(c3cc(Cl)c(Cl)c(Cl)c3)C(F)(F)F)=N/C3CCC3)cc2)C1. The third-order valence-electron chi connectivity index (χ3n) is 7.58. The van der Waals surface area contributed by atoms with Gasteiger partial charge in [-0.1, -0.05) is 72.9 Å². The number of amides is 1. The van der Waals surface area contributed by atoms with Crippen molar-refractivity contribution in [2.24, 2.45) is 10.9 Å². The Bertz CT molecular complexity index is 1160. The normalized spacial score (nSPS) is 19.0. The van der Waals surface area contributed by atoms with Crippen molar-refractivity contribution in [1.82, 2.24) is 4.90 Å². The van der Waals surface area contributed by atoms with E-state index in [1.807, 2.05) is 43.0 Å². The topological polar surface area (TPSA) is 32.7 Å². The Morgan fingerprint density at radius 1 is 1.05 bits per heavy atom. The molecule has 1 saturated heterocycles. The Balaban J connectivity index is 1.63. The Morgan fingerprint density at radius 2 is 1.62 bits per heavy atom. The zero-order valence-electron chi connectivity index (χ0n) is 21.0. The van der Waals surface area contributed by atoms with Gasteiger partial charge in [-0.15, -0.1) is 0 Å². The van der Waals surface area contributed by atoms with Crippen molar-refractivity contribution in [3.63, 3.8) is 0 Å². The van der Waals surface area contributed by atoms with Crippen molar-refractivity contribution in [3.05, 3.63) is 68.2 Å². The van der Waals surface area contributed by atoms with Crippen LogP contribution in [0.4, 0.5) is 13.2 Å². The maximum Gasteiger partial charge on any atom is 0.398 e. The molecule has 1 unspecified atom stereocenters. The van der Waals surface area contributed by atoms with Gasteiger partial charge in [-0.25, -0.2) is 0 Å². The molecule has 1 aliphatic heterocycles. The summed E-state index contributed by atoms with van der Waals surface area (Å²) in [5, 5.41) is -0.0147. The van der Waals surface area contributed by atoms with Crippen LogP contribution in [0.5, 0.6) is 0 Å². The molecule has 4 rings (SSSR count). The highest BCUT2D eigenvalue weighted by molar-refractivity contribution is 6.48. The van der Waals surface area contributed by atoms with E-state index in [4.69, 9.17) is 39.8 Å². The van der Waals surface area contributed by atoms with Crippen molar-refractivity contribution in [1.29, 1.82) is 0 Å². The summed E-state index contributed by atoms with van der Waals surface area (Å²) in [6.45, 7) is 6.23.